The van der Waals surface area contributed by atoms with Crippen LogP contribution >= 0.6 is 34.2 Å². The fourth-order valence-electron chi connectivity index (χ4n) is 2.42. The van der Waals surface area contributed by atoms with Crippen LogP contribution in [0, 0.1) is 0 Å². The molecule has 0 saturated carbocycles. The Labute approximate surface area is 121 Å². The molecule has 0 saturated heterocycles. The SMILES string of the molecule is COc1cccc2c1NC(C)(C)C1=C2C(S)SS1. The largest absolute Gasteiger partial charge is 0.495 e. The number of thiol groups is 1. The predicted octanol–water partition coefficient (Wildman–Crippen LogP) is 4.26. The Balaban J connectivity index is 2.25. The smallest absolute Gasteiger partial charge is 0.142 e. The van der Waals surface area contributed by atoms with Crippen molar-refractivity contribution < 1.29 is 4.74 Å². The Morgan fingerprint density at radius 3 is 2.89 bits per heavy atom. The lowest BCUT2D eigenvalue weighted by molar-refractivity contribution is 0.415. The first-order chi connectivity index (χ1) is 8.54. The number of rotatable bonds is 1. The van der Waals surface area contributed by atoms with E-state index in [1.807, 2.05) is 33.7 Å². The summed E-state index contributed by atoms with van der Waals surface area (Å²) in [7, 11) is 5.36. The first-order valence-electron chi connectivity index (χ1n) is 5.76. The number of hydrogen-bond donors (Lipinski definition) is 2. The molecule has 0 aromatic heterocycles. The van der Waals surface area contributed by atoms with E-state index in [0.717, 1.165) is 11.4 Å². The van der Waals surface area contributed by atoms with E-state index >= 15 is 0 Å². The van der Waals surface area contributed by atoms with Gasteiger partial charge in [-0.05, 0) is 25.5 Å². The van der Waals surface area contributed by atoms with Gasteiger partial charge in [0.05, 0.1) is 22.9 Å². The molecule has 1 aromatic rings. The van der Waals surface area contributed by atoms with Gasteiger partial charge in [0.2, 0.25) is 0 Å². The lowest BCUT2D eigenvalue weighted by Gasteiger charge is -2.35. The van der Waals surface area contributed by atoms with Crippen molar-refractivity contribution in [1.82, 2.24) is 0 Å². The molecule has 0 spiro atoms. The summed E-state index contributed by atoms with van der Waals surface area (Å²) in [5.41, 5.74) is 3.59. The maximum absolute atomic E-state index is 5.47. The van der Waals surface area contributed by atoms with Gasteiger partial charge in [0.25, 0.3) is 0 Å². The van der Waals surface area contributed by atoms with E-state index in [-0.39, 0.29) is 10.1 Å². The zero-order valence-electron chi connectivity index (χ0n) is 10.5. The molecule has 0 radical (unpaired) electrons. The lowest BCUT2D eigenvalue weighted by atomic mass is 9.90. The molecule has 2 aliphatic heterocycles. The topological polar surface area (TPSA) is 21.3 Å². The summed E-state index contributed by atoms with van der Waals surface area (Å²) in [6.07, 6.45) is 0. The van der Waals surface area contributed by atoms with Gasteiger partial charge in [-0.2, -0.15) is 12.6 Å². The van der Waals surface area contributed by atoms with Crippen LogP contribution in [0.3, 0.4) is 0 Å². The van der Waals surface area contributed by atoms with Crippen LogP contribution in [0.4, 0.5) is 5.69 Å². The minimum atomic E-state index is -0.0634. The molecule has 5 heteroatoms. The van der Waals surface area contributed by atoms with Gasteiger partial charge in [0, 0.05) is 10.5 Å². The van der Waals surface area contributed by atoms with Crippen molar-refractivity contribution in [1.29, 1.82) is 0 Å². The molecule has 18 heavy (non-hydrogen) atoms. The van der Waals surface area contributed by atoms with E-state index in [0.29, 0.717) is 0 Å². The first kappa shape index (κ1) is 12.6. The number of methoxy groups -OCH3 is 1. The number of fused-ring (bicyclic) bond motifs is 2. The average molecular weight is 297 g/mol. The fourth-order valence-corrected chi connectivity index (χ4v) is 6.09. The van der Waals surface area contributed by atoms with Crippen LogP contribution in [0.5, 0.6) is 5.75 Å². The second-order valence-electron chi connectivity index (χ2n) is 4.91. The second-order valence-corrected chi connectivity index (χ2v) is 8.09. The van der Waals surface area contributed by atoms with Crippen LogP contribution in [-0.4, -0.2) is 17.2 Å². The van der Waals surface area contributed by atoms with Crippen molar-refractivity contribution in [2.45, 2.75) is 24.0 Å². The van der Waals surface area contributed by atoms with Gasteiger partial charge in [-0.3, -0.25) is 0 Å². The summed E-state index contributed by atoms with van der Waals surface area (Å²) >= 11 is 4.70. The molecule has 0 bridgehead atoms. The van der Waals surface area contributed by atoms with Crippen LogP contribution in [0.2, 0.25) is 0 Å². The number of hydrogen-bond acceptors (Lipinski definition) is 5. The van der Waals surface area contributed by atoms with Gasteiger partial charge >= 0.3 is 0 Å². The van der Waals surface area contributed by atoms with E-state index < -0.39 is 0 Å². The number of nitrogens with one attached hydrogen (secondary N) is 1. The van der Waals surface area contributed by atoms with E-state index in [1.54, 1.807) is 7.11 Å². The third-order valence-corrected chi connectivity index (χ3v) is 7.04. The summed E-state index contributed by atoms with van der Waals surface area (Å²) in [5.74, 6) is 0.898. The molecule has 0 fully saturated rings. The molecular weight excluding hydrogens is 282 g/mol. The monoisotopic (exact) mass is 297 g/mol. The molecule has 2 aliphatic rings. The quantitative estimate of drug-likeness (QED) is 0.596. The van der Waals surface area contributed by atoms with Gasteiger partial charge in [-0.15, -0.1) is 0 Å². The molecule has 1 atom stereocenters. The maximum Gasteiger partial charge on any atom is 0.142 e. The molecule has 0 amide bonds. The highest BCUT2D eigenvalue weighted by Gasteiger charge is 2.40. The zero-order chi connectivity index (χ0) is 12.9. The van der Waals surface area contributed by atoms with E-state index in [1.165, 1.54) is 16.0 Å². The second kappa shape index (κ2) is 4.32. The maximum atomic E-state index is 5.47. The molecule has 1 unspecified atom stereocenters. The average Bonchev–Trinajstić information content (AvgIpc) is 2.72. The summed E-state index contributed by atoms with van der Waals surface area (Å²) in [6, 6.07) is 6.18. The summed E-state index contributed by atoms with van der Waals surface area (Å²) in [5, 5.41) is 3.60. The molecule has 0 aliphatic carbocycles. The number of ether oxygens (including phenoxy) is 1. The van der Waals surface area contributed by atoms with Gasteiger partial charge in [-0.25, -0.2) is 0 Å². The van der Waals surface area contributed by atoms with Crippen molar-refractivity contribution >= 4 is 45.5 Å². The number of para-hydroxylation sites is 1. The number of anilines is 1. The van der Waals surface area contributed by atoms with E-state index in [9.17, 15) is 0 Å². The Bertz CT molecular complexity index is 539. The molecule has 96 valence electrons. The molecule has 2 nitrogen and oxygen atoms in total. The van der Waals surface area contributed by atoms with E-state index in [2.05, 4.69) is 25.2 Å². The van der Waals surface area contributed by atoms with Gasteiger partial charge in [-0.1, -0.05) is 33.7 Å². The molecule has 1 N–H and O–H groups in total. The minimum Gasteiger partial charge on any atom is -0.495 e. The number of benzene rings is 1. The van der Waals surface area contributed by atoms with Crippen LogP contribution in [-0.2, 0) is 0 Å². The Hall–Kier alpha value is -0.390. The Morgan fingerprint density at radius 2 is 2.17 bits per heavy atom. The van der Waals surface area contributed by atoms with Crippen LogP contribution in [0.25, 0.3) is 5.57 Å². The molecule has 2 heterocycles. The third kappa shape index (κ3) is 1.75. The highest BCUT2D eigenvalue weighted by atomic mass is 33.1. The Kier molecular flexibility index (Phi) is 3.03. The van der Waals surface area contributed by atoms with Crippen molar-refractivity contribution in [3.05, 3.63) is 28.7 Å². The first-order valence-corrected chi connectivity index (χ1v) is 8.49. The predicted molar refractivity (Wildman–Crippen MR) is 85.6 cm³/mol. The Morgan fingerprint density at radius 1 is 1.39 bits per heavy atom. The highest BCUT2D eigenvalue weighted by molar-refractivity contribution is 8.80. The summed E-state index contributed by atoms with van der Waals surface area (Å²) in [6.45, 7) is 4.41. The zero-order valence-corrected chi connectivity index (χ0v) is 13.0. The minimum absolute atomic E-state index is 0.0634. The van der Waals surface area contributed by atoms with Crippen LogP contribution in [0.1, 0.15) is 19.4 Å². The standard InChI is InChI=1S/C13H15NOS3/c1-13(2)11-9(12(16)18-17-11)7-5-4-6-8(15-3)10(7)14-13/h4-6,12,14,16H,1-3H3. The van der Waals surface area contributed by atoms with Crippen LogP contribution in [0.15, 0.2) is 23.1 Å². The third-order valence-electron chi connectivity index (χ3n) is 3.26. The summed E-state index contributed by atoms with van der Waals surface area (Å²) < 4.78 is 5.70. The summed E-state index contributed by atoms with van der Waals surface area (Å²) in [4.78, 5) is 1.38. The van der Waals surface area contributed by atoms with Crippen molar-refractivity contribution in [2.75, 3.05) is 12.4 Å². The van der Waals surface area contributed by atoms with Crippen LogP contribution < -0.4 is 10.1 Å². The van der Waals surface area contributed by atoms with Crippen molar-refractivity contribution in [3.8, 4) is 5.75 Å². The fraction of sp³-hybridized carbons (Fsp3) is 0.385. The normalized spacial score (nSPS) is 24.3. The van der Waals surface area contributed by atoms with Gasteiger partial charge in [0.15, 0.2) is 0 Å². The molecular formula is C13H15NOS3. The van der Waals surface area contributed by atoms with Crippen molar-refractivity contribution in [2.24, 2.45) is 0 Å². The van der Waals surface area contributed by atoms with Gasteiger partial charge in [0.1, 0.15) is 5.75 Å². The highest BCUT2D eigenvalue weighted by Crippen LogP contribution is 2.60. The lowest BCUT2D eigenvalue weighted by Crippen LogP contribution is -2.35. The van der Waals surface area contributed by atoms with Gasteiger partial charge < -0.3 is 10.1 Å². The molecule has 1 aromatic carbocycles. The van der Waals surface area contributed by atoms with Crippen molar-refractivity contribution in [3.63, 3.8) is 0 Å². The van der Waals surface area contributed by atoms with E-state index in [4.69, 9.17) is 17.4 Å². The molecule has 3 rings (SSSR count).